The van der Waals surface area contributed by atoms with Crippen LogP contribution in [-0.4, -0.2) is 67.2 Å². The maximum atomic E-state index is 13.2. The Balaban J connectivity index is 1.29. The highest BCUT2D eigenvalue weighted by molar-refractivity contribution is 5.81. The molecule has 2 aliphatic rings. The highest BCUT2D eigenvalue weighted by Crippen LogP contribution is 2.29. The van der Waals surface area contributed by atoms with Gasteiger partial charge in [0.15, 0.2) is 11.5 Å². The molecule has 0 aliphatic carbocycles. The van der Waals surface area contributed by atoms with Gasteiger partial charge in [-0.3, -0.25) is 0 Å². The third kappa shape index (κ3) is 7.32. The number of hydrogen-bond acceptors (Lipinski definition) is 10. The Bertz CT molecular complexity index is 1210. The van der Waals surface area contributed by atoms with Crippen LogP contribution in [0.3, 0.4) is 0 Å². The number of nitrogens with zero attached hydrogens (tertiary/aromatic N) is 6. The quantitative estimate of drug-likeness (QED) is 0.302. The topological polar surface area (TPSA) is 97.2 Å². The zero-order valence-corrected chi connectivity index (χ0v) is 22.2. The molecule has 2 aliphatic heterocycles. The first-order valence-corrected chi connectivity index (χ1v) is 13.4. The molecule has 1 aromatic heterocycles. The molecule has 3 aromatic rings. The van der Waals surface area contributed by atoms with Gasteiger partial charge in [-0.15, -0.1) is 0 Å². The zero-order valence-electron chi connectivity index (χ0n) is 22.2. The van der Waals surface area contributed by atoms with Crippen molar-refractivity contribution in [3.05, 3.63) is 59.4 Å². The molecular formula is C28H34FN7O3. The largest absolute Gasteiger partial charge is 0.490 e. The number of anilines is 3. The van der Waals surface area contributed by atoms with Gasteiger partial charge in [-0.05, 0) is 67.6 Å². The lowest BCUT2D eigenvalue weighted by Gasteiger charge is -2.30. The second kappa shape index (κ2) is 13.2. The molecule has 10 nitrogen and oxygen atoms in total. The van der Waals surface area contributed by atoms with E-state index in [2.05, 4.69) is 30.3 Å². The van der Waals surface area contributed by atoms with Crippen molar-refractivity contribution in [2.75, 3.05) is 61.2 Å². The molecule has 0 bridgehead atoms. The number of rotatable bonds is 10. The van der Waals surface area contributed by atoms with Gasteiger partial charge in [-0.25, -0.2) is 9.82 Å². The highest BCUT2D eigenvalue weighted by atomic mass is 19.1. The number of halogens is 1. The Morgan fingerprint density at radius 1 is 0.897 bits per heavy atom. The summed E-state index contributed by atoms with van der Waals surface area (Å²) in [4.78, 5) is 18.4. The fraction of sp³-hybridized carbons (Fsp3) is 0.429. The van der Waals surface area contributed by atoms with E-state index in [0.29, 0.717) is 55.8 Å². The molecule has 11 heteroatoms. The van der Waals surface area contributed by atoms with E-state index in [9.17, 15) is 4.39 Å². The average Bonchev–Trinajstić information content (AvgIpc) is 2.98. The molecule has 5 rings (SSSR count). The predicted octanol–water partition coefficient (Wildman–Crippen LogP) is 4.26. The van der Waals surface area contributed by atoms with E-state index in [-0.39, 0.29) is 5.82 Å². The van der Waals surface area contributed by atoms with Gasteiger partial charge in [0.1, 0.15) is 12.4 Å². The van der Waals surface area contributed by atoms with Crippen molar-refractivity contribution < 1.29 is 18.6 Å². The Kier molecular flexibility index (Phi) is 9.00. The number of morpholine rings is 1. The summed E-state index contributed by atoms with van der Waals surface area (Å²) < 4.78 is 30.4. The first-order valence-electron chi connectivity index (χ1n) is 13.4. The normalized spacial score (nSPS) is 15.9. The number of benzene rings is 2. The minimum atomic E-state index is -0.275. The van der Waals surface area contributed by atoms with Crippen molar-refractivity contribution in [2.45, 2.75) is 32.8 Å². The average molecular weight is 536 g/mol. The van der Waals surface area contributed by atoms with Gasteiger partial charge < -0.3 is 24.0 Å². The second-order valence-electron chi connectivity index (χ2n) is 9.33. The molecule has 0 unspecified atom stereocenters. The maximum absolute atomic E-state index is 13.2. The lowest BCUT2D eigenvalue weighted by Crippen LogP contribution is -2.38. The van der Waals surface area contributed by atoms with Crippen molar-refractivity contribution in [3.8, 4) is 11.5 Å². The number of nitrogens with one attached hydrogen (secondary N) is 1. The van der Waals surface area contributed by atoms with E-state index in [1.165, 1.54) is 18.6 Å². The monoisotopic (exact) mass is 535 g/mol. The summed E-state index contributed by atoms with van der Waals surface area (Å²) in [5.74, 6) is 2.63. The summed E-state index contributed by atoms with van der Waals surface area (Å²) >= 11 is 0. The minimum Gasteiger partial charge on any atom is -0.490 e. The fourth-order valence-corrected chi connectivity index (χ4v) is 4.44. The van der Waals surface area contributed by atoms with Gasteiger partial charge in [0.25, 0.3) is 0 Å². The van der Waals surface area contributed by atoms with Crippen molar-refractivity contribution in [3.63, 3.8) is 0 Å². The summed E-state index contributed by atoms with van der Waals surface area (Å²) in [5, 5.41) is 4.40. The molecule has 206 valence electrons. The van der Waals surface area contributed by atoms with E-state index in [0.717, 1.165) is 50.1 Å². The van der Waals surface area contributed by atoms with E-state index >= 15 is 0 Å². The van der Waals surface area contributed by atoms with Gasteiger partial charge in [0, 0.05) is 26.2 Å². The number of hydrazone groups is 1. The number of hydrogen-bond donors (Lipinski definition) is 1. The van der Waals surface area contributed by atoms with Crippen LogP contribution in [0.25, 0.3) is 0 Å². The van der Waals surface area contributed by atoms with Gasteiger partial charge in [-0.2, -0.15) is 20.1 Å². The number of aromatic nitrogens is 3. The van der Waals surface area contributed by atoms with Gasteiger partial charge >= 0.3 is 0 Å². The Morgan fingerprint density at radius 3 is 2.33 bits per heavy atom. The molecular weight excluding hydrogens is 501 g/mol. The molecule has 39 heavy (non-hydrogen) atoms. The summed E-state index contributed by atoms with van der Waals surface area (Å²) in [6.07, 6.45) is 5.18. The SMILES string of the molecule is CCOc1cc(/C=N/Nc2nc(N3CCCCC3)nc(N3CCOCC3)n2)ccc1OCc1ccc(F)cc1. The van der Waals surface area contributed by atoms with Crippen LogP contribution in [0.5, 0.6) is 11.5 Å². The molecule has 1 N–H and O–H groups in total. The molecule has 2 aromatic carbocycles. The first kappa shape index (κ1) is 26.6. The zero-order chi connectivity index (χ0) is 26.9. The molecule has 0 saturated carbocycles. The number of ether oxygens (including phenoxy) is 3. The highest BCUT2D eigenvalue weighted by Gasteiger charge is 2.20. The minimum absolute atomic E-state index is 0.275. The Morgan fingerprint density at radius 2 is 1.62 bits per heavy atom. The van der Waals surface area contributed by atoms with Crippen molar-refractivity contribution in [1.82, 2.24) is 15.0 Å². The third-order valence-corrected chi connectivity index (χ3v) is 6.50. The Labute approximate surface area is 227 Å². The summed E-state index contributed by atoms with van der Waals surface area (Å²) in [5.41, 5.74) is 4.67. The van der Waals surface area contributed by atoms with E-state index in [4.69, 9.17) is 19.2 Å². The van der Waals surface area contributed by atoms with Crippen LogP contribution in [-0.2, 0) is 11.3 Å². The molecule has 3 heterocycles. The Hall–Kier alpha value is -3.99. The van der Waals surface area contributed by atoms with Gasteiger partial charge in [0.05, 0.1) is 26.0 Å². The smallest absolute Gasteiger partial charge is 0.250 e. The van der Waals surface area contributed by atoms with Crippen LogP contribution in [0, 0.1) is 5.82 Å². The molecule has 0 radical (unpaired) electrons. The second-order valence-corrected chi connectivity index (χ2v) is 9.33. The van der Waals surface area contributed by atoms with Crippen molar-refractivity contribution in [1.29, 1.82) is 0 Å². The molecule has 0 spiro atoms. The van der Waals surface area contributed by atoms with Gasteiger partial charge in [0.2, 0.25) is 17.8 Å². The van der Waals surface area contributed by atoms with Crippen LogP contribution in [0.4, 0.5) is 22.2 Å². The summed E-state index contributed by atoms with van der Waals surface area (Å²) in [7, 11) is 0. The third-order valence-electron chi connectivity index (χ3n) is 6.50. The summed E-state index contributed by atoms with van der Waals surface area (Å²) in [6, 6.07) is 11.8. The molecule has 0 amide bonds. The van der Waals surface area contributed by atoms with Crippen LogP contribution >= 0.6 is 0 Å². The lowest BCUT2D eigenvalue weighted by molar-refractivity contribution is 0.122. The van der Waals surface area contributed by atoms with Crippen LogP contribution in [0.15, 0.2) is 47.6 Å². The molecule has 2 fully saturated rings. The fourth-order valence-electron chi connectivity index (χ4n) is 4.44. The lowest BCUT2D eigenvalue weighted by atomic mass is 10.1. The maximum Gasteiger partial charge on any atom is 0.250 e. The predicted molar refractivity (Wildman–Crippen MR) is 148 cm³/mol. The van der Waals surface area contributed by atoms with Crippen molar-refractivity contribution >= 4 is 24.1 Å². The van der Waals surface area contributed by atoms with E-state index in [1.807, 2.05) is 25.1 Å². The molecule has 0 atom stereocenters. The van der Waals surface area contributed by atoms with Crippen LogP contribution in [0.1, 0.15) is 37.3 Å². The van der Waals surface area contributed by atoms with E-state index < -0.39 is 0 Å². The summed E-state index contributed by atoms with van der Waals surface area (Å²) in [6.45, 7) is 7.35. The van der Waals surface area contributed by atoms with Crippen LogP contribution < -0.4 is 24.7 Å². The molecule has 2 saturated heterocycles. The van der Waals surface area contributed by atoms with E-state index in [1.54, 1.807) is 18.3 Å². The first-order chi connectivity index (χ1) is 19.2. The standard InChI is InChI=1S/C28H34FN7O3/c1-2-38-25-18-22(8-11-24(25)39-20-21-6-9-23(29)10-7-21)19-30-34-26-31-27(35-12-4-3-5-13-35)33-28(32-26)36-14-16-37-17-15-36/h6-11,18-19H,2-5,12-17,20H2,1H3,(H,31,32,33,34)/b30-19+. The van der Waals surface area contributed by atoms with Crippen molar-refractivity contribution in [2.24, 2.45) is 5.10 Å². The van der Waals surface area contributed by atoms with Gasteiger partial charge in [-0.1, -0.05) is 12.1 Å². The number of piperidine rings is 1. The van der Waals surface area contributed by atoms with Crippen LogP contribution in [0.2, 0.25) is 0 Å².